The third-order valence-electron chi connectivity index (χ3n) is 5.51. The van der Waals surface area contributed by atoms with Gasteiger partial charge in [-0.2, -0.15) is 0 Å². The minimum atomic E-state index is -0.546. The van der Waals surface area contributed by atoms with Gasteiger partial charge in [0, 0.05) is 31.2 Å². The molecule has 2 aromatic carbocycles. The molecule has 1 unspecified atom stereocenters. The van der Waals surface area contributed by atoms with Gasteiger partial charge in [0.15, 0.2) is 0 Å². The summed E-state index contributed by atoms with van der Waals surface area (Å²) >= 11 is 0. The van der Waals surface area contributed by atoms with Gasteiger partial charge in [-0.3, -0.25) is 4.79 Å². The molecule has 1 saturated heterocycles. The van der Waals surface area contributed by atoms with Crippen LogP contribution in [0.3, 0.4) is 0 Å². The molecule has 1 atom stereocenters. The third-order valence-corrected chi connectivity index (χ3v) is 5.51. The van der Waals surface area contributed by atoms with Crippen LogP contribution in [-0.2, 0) is 22.6 Å². The Morgan fingerprint density at radius 3 is 2.48 bits per heavy atom. The van der Waals surface area contributed by atoms with Crippen LogP contribution in [0.5, 0.6) is 5.75 Å². The Labute approximate surface area is 196 Å². The van der Waals surface area contributed by atoms with E-state index in [0.717, 1.165) is 16.7 Å². The summed E-state index contributed by atoms with van der Waals surface area (Å²) in [7, 11) is 0. The van der Waals surface area contributed by atoms with E-state index in [-0.39, 0.29) is 24.5 Å². The Morgan fingerprint density at radius 1 is 1.12 bits per heavy atom. The second-order valence-corrected chi connectivity index (χ2v) is 9.38. The van der Waals surface area contributed by atoms with Gasteiger partial charge in [-0.15, -0.1) is 0 Å². The van der Waals surface area contributed by atoms with Crippen LogP contribution in [-0.4, -0.2) is 53.1 Å². The molecule has 2 aromatic rings. The van der Waals surface area contributed by atoms with Gasteiger partial charge < -0.3 is 19.3 Å². The maximum atomic E-state index is 13.2. The topological polar surface area (TPSA) is 59.1 Å². The molecule has 0 aromatic heterocycles. The molecule has 0 radical (unpaired) electrons. The van der Waals surface area contributed by atoms with Gasteiger partial charge in [-0.05, 0) is 51.0 Å². The number of hydrogen-bond acceptors (Lipinski definition) is 4. The van der Waals surface area contributed by atoms with E-state index in [1.54, 1.807) is 11.0 Å². The van der Waals surface area contributed by atoms with Crippen LogP contribution in [0.15, 0.2) is 55.1 Å². The summed E-state index contributed by atoms with van der Waals surface area (Å²) < 4.78 is 11.6. The molecule has 0 saturated carbocycles. The Hall–Kier alpha value is -3.28. The summed E-state index contributed by atoms with van der Waals surface area (Å²) in [5.74, 6) is 0.703. The van der Waals surface area contributed by atoms with Crippen LogP contribution in [0, 0.1) is 0 Å². The summed E-state index contributed by atoms with van der Waals surface area (Å²) in [5, 5.41) is 0. The van der Waals surface area contributed by atoms with Crippen molar-refractivity contribution in [1.29, 1.82) is 0 Å². The van der Waals surface area contributed by atoms with Gasteiger partial charge in [-0.25, -0.2) is 4.79 Å². The number of benzene rings is 2. The zero-order valence-electron chi connectivity index (χ0n) is 20.0. The first-order valence-corrected chi connectivity index (χ1v) is 11.4. The standard InChI is InChI=1S/C27H34N2O4/c1-6-21-12-13-24(32-19-22-10-8-7-9-11-22)23(16-21)17-25(30)28-14-15-29(20(2)18-28)26(31)33-27(3,4)5/h6-13,16,20H,1,14-15,17-19H2,2-5H3. The van der Waals surface area contributed by atoms with Crippen molar-refractivity contribution in [1.82, 2.24) is 9.80 Å². The lowest BCUT2D eigenvalue weighted by Crippen LogP contribution is -2.56. The molecular weight excluding hydrogens is 416 g/mol. The second-order valence-electron chi connectivity index (χ2n) is 9.38. The molecule has 1 fully saturated rings. The highest BCUT2D eigenvalue weighted by atomic mass is 16.6. The molecule has 1 aliphatic rings. The number of nitrogens with zero attached hydrogens (tertiary/aromatic N) is 2. The molecule has 1 aliphatic heterocycles. The quantitative estimate of drug-likeness (QED) is 0.627. The lowest BCUT2D eigenvalue weighted by atomic mass is 10.0. The minimum Gasteiger partial charge on any atom is -0.489 e. The van der Waals surface area contributed by atoms with Crippen LogP contribution < -0.4 is 4.74 Å². The Morgan fingerprint density at radius 2 is 1.85 bits per heavy atom. The first-order chi connectivity index (χ1) is 15.7. The van der Waals surface area contributed by atoms with Gasteiger partial charge in [-0.1, -0.05) is 49.1 Å². The number of carbonyl (C=O) groups excluding carboxylic acids is 2. The van der Waals surface area contributed by atoms with E-state index in [2.05, 4.69) is 6.58 Å². The number of amides is 2. The third kappa shape index (κ3) is 6.85. The SMILES string of the molecule is C=Cc1ccc(OCc2ccccc2)c(CC(=O)N2CCN(C(=O)OC(C)(C)C)C(C)C2)c1. The molecule has 6 nitrogen and oxygen atoms in total. The van der Waals surface area contributed by atoms with E-state index in [0.29, 0.717) is 32.0 Å². The molecule has 33 heavy (non-hydrogen) atoms. The summed E-state index contributed by atoms with van der Waals surface area (Å²) in [4.78, 5) is 29.1. The van der Waals surface area contributed by atoms with Crippen LogP contribution in [0.25, 0.3) is 6.08 Å². The normalized spacial score (nSPS) is 16.3. The van der Waals surface area contributed by atoms with E-state index in [1.165, 1.54) is 0 Å². The van der Waals surface area contributed by atoms with Crippen molar-refractivity contribution in [2.45, 2.75) is 52.4 Å². The van der Waals surface area contributed by atoms with Gasteiger partial charge in [0.05, 0.1) is 6.42 Å². The fourth-order valence-electron chi connectivity index (χ4n) is 3.79. The Balaban J connectivity index is 1.65. The predicted molar refractivity (Wildman–Crippen MR) is 130 cm³/mol. The summed E-state index contributed by atoms with van der Waals surface area (Å²) in [6, 6.07) is 15.6. The first-order valence-electron chi connectivity index (χ1n) is 11.4. The fraction of sp³-hybridized carbons (Fsp3) is 0.407. The van der Waals surface area contributed by atoms with E-state index in [4.69, 9.17) is 9.47 Å². The van der Waals surface area contributed by atoms with Crippen LogP contribution >= 0.6 is 0 Å². The van der Waals surface area contributed by atoms with E-state index >= 15 is 0 Å². The Kier molecular flexibility index (Phi) is 7.79. The van der Waals surface area contributed by atoms with E-state index in [9.17, 15) is 9.59 Å². The molecule has 2 amide bonds. The zero-order chi connectivity index (χ0) is 24.0. The Bertz CT molecular complexity index is 981. The molecular formula is C27H34N2O4. The second kappa shape index (κ2) is 10.6. The van der Waals surface area contributed by atoms with Crippen molar-refractivity contribution < 1.29 is 19.1 Å². The van der Waals surface area contributed by atoms with Crippen LogP contribution in [0.1, 0.15) is 44.4 Å². The van der Waals surface area contributed by atoms with Crippen molar-refractivity contribution in [3.05, 3.63) is 71.8 Å². The largest absolute Gasteiger partial charge is 0.489 e. The average Bonchev–Trinajstić information content (AvgIpc) is 2.77. The van der Waals surface area contributed by atoms with Crippen LogP contribution in [0.2, 0.25) is 0 Å². The molecule has 0 bridgehead atoms. The maximum absolute atomic E-state index is 13.2. The summed E-state index contributed by atoms with van der Waals surface area (Å²) in [5.41, 5.74) is 2.29. The van der Waals surface area contributed by atoms with E-state index in [1.807, 2.05) is 81.1 Å². The zero-order valence-corrected chi connectivity index (χ0v) is 20.0. The van der Waals surface area contributed by atoms with E-state index < -0.39 is 5.60 Å². The highest BCUT2D eigenvalue weighted by molar-refractivity contribution is 5.80. The van der Waals surface area contributed by atoms with Gasteiger partial charge >= 0.3 is 6.09 Å². The summed E-state index contributed by atoms with van der Waals surface area (Å²) in [6.45, 7) is 13.2. The smallest absolute Gasteiger partial charge is 0.410 e. The number of carbonyl (C=O) groups is 2. The maximum Gasteiger partial charge on any atom is 0.410 e. The molecule has 0 aliphatic carbocycles. The van der Waals surface area contributed by atoms with Gasteiger partial charge in [0.1, 0.15) is 18.0 Å². The van der Waals surface area contributed by atoms with Crippen molar-refractivity contribution in [2.75, 3.05) is 19.6 Å². The molecule has 0 spiro atoms. The monoisotopic (exact) mass is 450 g/mol. The number of piperazine rings is 1. The highest BCUT2D eigenvalue weighted by Crippen LogP contribution is 2.24. The van der Waals surface area contributed by atoms with Gasteiger partial charge in [0.2, 0.25) is 5.91 Å². The van der Waals surface area contributed by atoms with Gasteiger partial charge in [0.25, 0.3) is 0 Å². The van der Waals surface area contributed by atoms with Crippen molar-refractivity contribution in [2.24, 2.45) is 0 Å². The lowest BCUT2D eigenvalue weighted by molar-refractivity contribution is -0.133. The number of rotatable bonds is 6. The van der Waals surface area contributed by atoms with Crippen molar-refractivity contribution in [3.8, 4) is 5.75 Å². The lowest BCUT2D eigenvalue weighted by Gasteiger charge is -2.40. The fourth-order valence-corrected chi connectivity index (χ4v) is 3.79. The van der Waals surface area contributed by atoms with Crippen molar-refractivity contribution in [3.63, 3.8) is 0 Å². The molecule has 0 N–H and O–H groups in total. The molecule has 3 rings (SSSR count). The highest BCUT2D eigenvalue weighted by Gasteiger charge is 2.32. The molecule has 176 valence electrons. The molecule has 1 heterocycles. The first kappa shape index (κ1) is 24.4. The minimum absolute atomic E-state index is 0.0106. The van der Waals surface area contributed by atoms with Crippen molar-refractivity contribution >= 4 is 18.1 Å². The average molecular weight is 451 g/mol. The molecule has 6 heteroatoms. The number of hydrogen-bond donors (Lipinski definition) is 0. The van der Waals surface area contributed by atoms with Crippen LogP contribution in [0.4, 0.5) is 4.79 Å². The summed E-state index contributed by atoms with van der Waals surface area (Å²) in [6.07, 6.45) is 1.65. The predicted octanol–water partition coefficient (Wildman–Crippen LogP) is 4.92. The number of ether oxygens (including phenoxy) is 2.